The highest BCUT2D eigenvalue weighted by molar-refractivity contribution is 8.00. The number of thioether (sulfide) groups is 1. The molecule has 0 spiro atoms. The van der Waals surface area contributed by atoms with Gasteiger partial charge in [-0.3, -0.25) is 86.3 Å². The van der Waals surface area contributed by atoms with Crippen molar-refractivity contribution in [3.8, 4) is 5.75 Å². The number of nitrogens with zero attached hydrogens (tertiary/aromatic N) is 5. The highest BCUT2D eigenvalue weighted by atomic mass is 32.2. The van der Waals surface area contributed by atoms with Crippen LogP contribution in [-0.4, -0.2) is 306 Å². The fraction of sp³-hybridized carbons (Fsp3) is 0.529. The minimum Gasteiger partial charge on any atom is -0.508 e. The molecular weight excluding hydrogens is 1670 g/mol. The summed E-state index contributed by atoms with van der Waals surface area (Å²) in [6, 6.07) is -1.80. The van der Waals surface area contributed by atoms with Gasteiger partial charge in [-0.25, -0.2) is 0 Å². The number of nitrogens with one attached hydrogen (secondary N) is 12. The Kier molecular flexibility index (Phi) is 35.9. The van der Waals surface area contributed by atoms with Crippen molar-refractivity contribution in [2.75, 3.05) is 64.9 Å². The predicted octanol–water partition coefficient (Wildman–Crippen LogP) is -2.62. The molecule has 41 nitrogen and oxygen atoms in total. The van der Waals surface area contributed by atoms with Crippen LogP contribution in [0.2, 0.25) is 0 Å². The first-order valence-electron chi connectivity index (χ1n) is 42.7. The van der Waals surface area contributed by atoms with E-state index in [0.717, 1.165) is 26.5 Å². The lowest BCUT2D eigenvalue weighted by molar-refractivity contribution is -0.149. The van der Waals surface area contributed by atoms with Gasteiger partial charge in [-0.2, -0.15) is 0 Å². The second-order valence-corrected chi connectivity index (χ2v) is 33.3. The van der Waals surface area contributed by atoms with Gasteiger partial charge >= 0.3 is 11.9 Å². The van der Waals surface area contributed by atoms with Crippen molar-refractivity contribution < 1.29 is 102 Å². The summed E-state index contributed by atoms with van der Waals surface area (Å²) in [6.45, 7) is 2.96. The lowest BCUT2D eigenvalue weighted by Crippen LogP contribution is -2.62. The highest BCUT2D eigenvalue weighted by Crippen LogP contribution is 2.28. The third kappa shape index (κ3) is 26.2. The summed E-state index contributed by atoms with van der Waals surface area (Å²) in [7, 11) is 2.74. The van der Waals surface area contributed by atoms with E-state index in [-0.39, 0.29) is 109 Å². The Morgan fingerprint density at radius 1 is 0.480 bits per heavy atom. The number of aromatic hydroxyl groups is 1. The number of hydrogen-bond acceptors (Lipinski definition) is 22. The summed E-state index contributed by atoms with van der Waals surface area (Å²) in [5.74, 6) is -19.1. The van der Waals surface area contributed by atoms with Crippen molar-refractivity contribution in [1.29, 1.82) is 0 Å². The van der Waals surface area contributed by atoms with Crippen LogP contribution in [-0.2, 0) is 106 Å². The summed E-state index contributed by atoms with van der Waals surface area (Å²) in [5, 5.41) is 57.8. The molecule has 21 N–H and O–H groups in total. The maximum absolute atomic E-state index is 15.7. The maximum Gasteiger partial charge on any atom is 0.305 e. The van der Waals surface area contributed by atoms with Gasteiger partial charge < -0.3 is 120 Å². The third-order valence-corrected chi connectivity index (χ3v) is 24.2. The molecule has 4 saturated heterocycles. The van der Waals surface area contributed by atoms with Crippen molar-refractivity contribution in [2.24, 2.45) is 17.2 Å². The average Bonchev–Trinajstić information content (AvgIpc) is 1.71. The van der Waals surface area contributed by atoms with E-state index >= 15 is 24.0 Å². The van der Waals surface area contributed by atoms with Crippen molar-refractivity contribution in [1.82, 2.24) is 87.6 Å². The number of aromatic amines is 2. The van der Waals surface area contributed by atoms with Gasteiger partial charge in [0.05, 0.1) is 25.1 Å². The van der Waals surface area contributed by atoms with Crippen molar-refractivity contribution in [3.05, 3.63) is 102 Å². The number of carboxylic acids is 2. The summed E-state index contributed by atoms with van der Waals surface area (Å²) in [6.07, 6.45) is 2.36. The van der Waals surface area contributed by atoms with E-state index in [0.29, 0.717) is 64.2 Å². The van der Waals surface area contributed by atoms with Crippen LogP contribution >= 0.6 is 11.8 Å². The monoisotopic (exact) mass is 1780 g/mol. The molecule has 16 amide bonds. The number of nitrogens with two attached hydrogens (primary N) is 3. The average molecular weight is 1790 g/mol. The number of amides is 16. The van der Waals surface area contributed by atoms with Crippen LogP contribution in [0, 0.1) is 0 Å². The van der Waals surface area contributed by atoms with Crippen LogP contribution in [0.5, 0.6) is 5.75 Å². The Balaban J connectivity index is 1.06. The zero-order chi connectivity index (χ0) is 92.5. The number of primary amides is 1. The van der Waals surface area contributed by atoms with Gasteiger partial charge in [-0.05, 0) is 112 Å². The molecule has 2 aromatic heterocycles. The van der Waals surface area contributed by atoms with Crippen LogP contribution in [0.1, 0.15) is 134 Å². The molecule has 0 aliphatic carbocycles. The van der Waals surface area contributed by atoms with Crippen LogP contribution in [0.25, 0.3) is 21.8 Å². The van der Waals surface area contributed by atoms with Gasteiger partial charge in [0, 0.05) is 99.5 Å². The van der Waals surface area contributed by atoms with Gasteiger partial charge in [-0.15, -0.1) is 11.8 Å². The second-order valence-electron chi connectivity index (χ2n) is 32.3. The zero-order valence-corrected chi connectivity index (χ0v) is 72.4. The minimum atomic E-state index is -1.94. The predicted molar refractivity (Wildman–Crippen MR) is 462 cm³/mol. The molecule has 9 rings (SSSR count). The molecule has 14 atom stereocenters. The molecular formula is C85H116N20O21S. The molecule has 42 heteroatoms. The molecule has 4 aliphatic rings. The third-order valence-electron chi connectivity index (χ3n) is 23.1. The number of benzene rings is 3. The molecule has 6 heterocycles. The number of aliphatic carboxylic acids is 2. The Hall–Kier alpha value is -12.7. The molecule has 688 valence electrons. The molecule has 0 bridgehead atoms. The molecule has 4 fully saturated rings. The lowest BCUT2D eigenvalue weighted by atomic mass is 10.00. The van der Waals surface area contributed by atoms with E-state index in [2.05, 4.69) is 63.1 Å². The molecule has 5 aromatic rings. The van der Waals surface area contributed by atoms with Crippen molar-refractivity contribution >= 4 is 140 Å². The van der Waals surface area contributed by atoms with Crippen LogP contribution in [0.15, 0.2) is 85.2 Å². The van der Waals surface area contributed by atoms with Crippen molar-refractivity contribution in [2.45, 2.75) is 221 Å². The van der Waals surface area contributed by atoms with Crippen LogP contribution in [0.4, 0.5) is 0 Å². The number of para-hydroxylation sites is 2. The smallest absolute Gasteiger partial charge is 0.305 e. The van der Waals surface area contributed by atoms with Gasteiger partial charge in [0.25, 0.3) is 0 Å². The summed E-state index contributed by atoms with van der Waals surface area (Å²) in [4.78, 5) is 271. The standard InChI is InChI=1S/C85H116N20O21S/c1-6-8-21-63-77(118)92-46(3)72(113)100-62(73(114)91-43-68(88)107)44-127-45-69(108)93-57(35-47-26-28-50(106)29-27-47)82(123)103-32-15-24-65(103)79(120)98-60(39-71(111)112)84(125)105-34-16-25-66(105)80(121)99-61(40-87)76(117)97-59(38-70(109)110)83(124)104-33-14-23-64(104)78(119)95-56(36-48-41-89-53-19-12-10-17-51(48)53)75(116)94-55(30-31-86)74(115)96-58(37-49-42-90-54-20-13-11-18-52(49)54)81(122)102(5)67(22-9-7-2)85(126)101(63)4/h10-13,17-20,26-29,41-42,46,55-67,89-90,106H,6-9,14-16,21-25,30-40,43-45,86-87H2,1-5H3,(H2,88,107)(H,91,114)(H,92,118)(H,93,108)(H,94,116)(H,95,119)(H,96,115)(H,97,117)(H,98,120)(H,99,121)(H,100,113)(H,109,110)(H,111,112)/t46-,55-,56-,57-,58-,59-,60?,61-,62-,63-,64-,65-,66-,67-/m0/s1. The fourth-order valence-electron chi connectivity index (χ4n) is 16.3. The van der Waals surface area contributed by atoms with Gasteiger partial charge in [0.15, 0.2) is 0 Å². The van der Waals surface area contributed by atoms with E-state index in [1.165, 1.54) is 55.1 Å². The Bertz CT molecular complexity index is 4850. The van der Waals surface area contributed by atoms with Crippen molar-refractivity contribution in [3.63, 3.8) is 0 Å². The number of likely N-dealkylation sites (N-methyl/N-ethyl adjacent to an activating group) is 2. The number of phenols is 1. The van der Waals surface area contributed by atoms with E-state index < -0.39 is 228 Å². The molecule has 4 aliphatic heterocycles. The molecule has 1 unspecified atom stereocenters. The first-order valence-corrected chi connectivity index (χ1v) is 43.8. The number of rotatable bonds is 22. The second kappa shape index (κ2) is 46.5. The Morgan fingerprint density at radius 3 is 1.43 bits per heavy atom. The number of carbonyl (C=O) groups is 18. The first kappa shape index (κ1) is 98.1. The fourth-order valence-corrected chi connectivity index (χ4v) is 17.1. The number of aromatic nitrogens is 2. The van der Waals surface area contributed by atoms with E-state index in [1.807, 2.05) is 13.8 Å². The molecule has 0 radical (unpaired) electrons. The first-order chi connectivity index (χ1) is 60.6. The highest BCUT2D eigenvalue weighted by Gasteiger charge is 2.47. The number of unbranched alkanes of at least 4 members (excludes halogenated alkanes) is 2. The van der Waals surface area contributed by atoms with Gasteiger partial charge in [-0.1, -0.05) is 88.1 Å². The molecule has 3 aromatic carbocycles. The zero-order valence-electron chi connectivity index (χ0n) is 71.6. The summed E-state index contributed by atoms with van der Waals surface area (Å²) < 4.78 is 0. The number of H-pyrrole nitrogens is 2. The quantitative estimate of drug-likeness (QED) is 0.0337. The van der Waals surface area contributed by atoms with E-state index in [4.69, 9.17) is 17.2 Å². The van der Waals surface area contributed by atoms with Crippen LogP contribution in [0.3, 0.4) is 0 Å². The maximum atomic E-state index is 15.7. The number of hydrogen-bond donors (Lipinski definition) is 18. The normalized spacial score (nSPS) is 25.4. The minimum absolute atomic E-state index is 0.0303. The Morgan fingerprint density at radius 2 is 0.921 bits per heavy atom. The Labute approximate surface area is 736 Å². The van der Waals surface area contributed by atoms with E-state index in [9.17, 15) is 77.6 Å². The summed E-state index contributed by atoms with van der Waals surface area (Å²) in [5.41, 5.74) is 20.5. The van der Waals surface area contributed by atoms with Crippen LogP contribution < -0.4 is 70.4 Å². The molecule has 127 heavy (non-hydrogen) atoms. The molecule has 0 saturated carbocycles. The number of carboxylic acid groups (broad SMARTS) is 2. The number of fused-ring (bicyclic) bond motifs is 5. The summed E-state index contributed by atoms with van der Waals surface area (Å²) >= 11 is 0.784. The topological polar surface area (TPSA) is 614 Å². The number of carbonyl (C=O) groups excluding carboxylic acids is 16. The van der Waals surface area contributed by atoms with E-state index in [1.54, 1.807) is 60.9 Å². The largest absolute Gasteiger partial charge is 0.508 e. The SMILES string of the molecule is CCCC[C@H]1C(=O)N(C)[C@@H](CCCC)C(=O)N[C@@H](C)C(=O)N[C@H](C(=O)NCC(N)=O)CSCC(=O)N[C@@H](Cc2ccc(O)cc2)C(=O)N2CCC[C@H]2C(=O)NC(CC(=O)O)C(=O)N2CCC[C@H]2C(=O)N[C@@H](CN)C(=O)N[C@@H](CC(=O)O)C(=O)N2CCC[C@H]2C(=O)N[C@@H](Cc2c[nH]c3ccccc23)C(=O)N[C@@H](CCN)C(=O)N[C@@H](Cc2c[nH]c3ccccc23)C(=O)N1C. The van der Waals surface area contributed by atoms with Gasteiger partial charge in [0.2, 0.25) is 94.5 Å². The number of phenolic OH excluding ortho intramolecular Hbond substituents is 1. The van der Waals surface area contributed by atoms with Gasteiger partial charge in [0.1, 0.15) is 90.3 Å². The lowest BCUT2D eigenvalue weighted by Gasteiger charge is -2.36.